The first-order valence-corrected chi connectivity index (χ1v) is 11.5. The van der Waals surface area contributed by atoms with Crippen molar-refractivity contribution in [2.45, 2.75) is 69.9 Å². The van der Waals surface area contributed by atoms with Crippen LogP contribution in [0, 0.1) is 13.8 Å². The van der Waals surface area contributed by atoms with Crippen molar-refractivity contribution in [3.05, 3.63) is 56.8 Å². The molecule has 1 spiro atoms. The quantitative estimate of drug-likeness (QED) is 0.798. The van der Waals surface area contributed by atoms with E-state index in [4.69, 9.17) is 4.74 Å². The van der Waals surface area contributed by atoms with Gasteiger partial charge in [-0.15, -0.1) is 0 Å². The summed E-state index contributed by atoms with van der Waals surface area (Å²) in [6.07, 6.45) is 5.59. The third-order valence-corrected chi connectivity index (χ3v) is 7.88. The predicted octanol–water partition coefficient (Wildman–Crippen LogP) is 2.86. The normalized spacial score (nSPS) is 24.3. The lowest BCUT2D eigenvalue weighted by Gasteiger charge is -2.44. The molecule has 1 unspecified atom stereocenters. The van der Waals surface area contributed by atoms with Gasteiger partial charge in [-0.25, -0.2) is 0 Å². The van der Waals surface area contributed by atoms with E-state index in [0.29, 0.717) is 32.0 Å². The highest BCUT2D eigenvalue weighted by molar-refractivity contribution is 5.96. The van der Waals surface area contributed by atoms with Crippen LogP contribution >= 0.6 is 0 Å². The molecule has 7 heteroatoms. The molecule has 7 nitrogen and oxygen atoms in total. The number of benzene rings is 1. The van der Waals surface area contributed by atoms with Crippen LogP contribution in [0.15, 0.2) is 23.0 Å². The summed E-state index contributed by atoms with van der Waals surface area (Å²) in [5.74, 6) is -0.297. The predicted molar refractivity (Wildman–Crippen MR) is 120 cm³/mol. The van der Waals surface area contributed by atoms with Crippen molar-refractivity contribution in [1.82, 2.24) is 14.5 Å². The second kappa shape index (κ2) is 7.44. The van der Waals surface area contributed by atoms with Crippen LogP contribution in [-0.2, 0) is 23.1 Å². The molecule has 1 aromatic heterocycles. The summed E-state index contributed by atoms with van der Waals surface area (Å²) in [5.41, 5.74) is 2.48. The molecule has 1 atom stereocenters. The van der Waals surface area contributed by atoms with Crippen molar-refractivity contribution < 1.29 is 14.6 Å². The number of carbonyl (C=O) groups excluding carboxylic acids is 1. The fourth-order valence-corrected chi connectivity index (χ4v) is 6.07. The monoisotopic (exact) mass is 437 g/mol. The maximum absolute atomic E-state index is 13.3. The molecular weight excluding hydrogens is 406 g/mol. The maximum Gasteiger partial charge on any atom is 0.315 e. The first-order valence-electron chi connectivity index (χ1n) is 11.5. The number of ether oxygens (including phenoxy) is 1. The summed E-state index contributed by atoms with van der Waals surface area (Å²) < 4.78 is 7.48. The molecule has 5 rings (SSSR count). The minimum atomic E-state index is -0.722. The Bertz CT molecular complexity index is 1120. The fourth-order valence-electron chi connectivity index (χ4n) is 6.07. The van der Waals surface area contributed by atoms with Gasteiger partial charge >= 0.3 is 5.56 Å². The molecule has 1 amide bonds. The zero-order valence-corrected chi connectivity index (χ0v) is 19.1. The van der Waals surface area contributed by atoms with Crippen molar-refractivity contribution in [3.63, 3.8) is 0 Å². The van der Waals surface area contributed by atoms with Crippen LogP contribution in [0.2, 0.25) is 0 Å². The molecule has 170 valence electrons. The van der Waals surface area contributed by atoms with Crippen LogP contribution in [0.3, 0.4) is 0 Å². The van der Waals surface area contributed by atoms with Gasteiger partial charge in [-0.2, -0.15) is 4.98 Å². The van der Waals surface area contributed by atoms with E-state index in [-0.39, 0.29) is 17.0 Å². The Morgan fingerprint density at radius 2 is 1.78 bits per heavy atom. The number of hydrogen-bond acceptors (Lipinski definition) is 5. The summed E-state index contributed by atoms with van der Waals surface area (Å²) in [7, 11) is 1.73. The average Bonchev–Trinajstić information content (AvgIpc) is 3.40. The van der Waals surface area contributed by atoms with E-state index in [2.05, 4.69) is 37.0 Å². The molecule has 2 aromatic rings. The fraction of sp³-hybridized carbons (Fsp3) is 0.560. The highest BCUT2D eigenvalue weighted by atomic mass is 16.5. The number of rotatable bonds is 3. The SMILES string of the molecule is Cc1cc(C)cc(C2(Cc3nc(=O)c(O)c4n3CC3(CCOC3)N(C)C4=O)CCCC2)c1. The summed E-state index contributed by atoms with van der Waals surface area (Å²) in [6.45, 7) is 5.74. The largest absolute Gasteiger partial charge is 0.501 e. The highest BCUT2D eigenvalue weighted by Gasteiger charge is 2.48. The number of likely N-dealkylation sites (N-methyl/N-ethyl adjacent to an activating group) is 1. The van der Waals surface area contributed by atoms with Crippen LogP contribution in [-0.4, -0.2) is 51.3 Å². The number of hydrogen-bond donors (Lipinski definition) is 1. The zero-order valence-electron chi connectivity index (χ0n) is 19.1. The van der Waals surface area contributed by atoms with E-state index in [0.717, 1.165) is 32.1 Å². The molecule has 3 heterocycles. The molecule has 1 saturated heterocycles. The molecule has 3 aliphatic rings. The van der Waals surface area contributed by atoms with E-state index >= 15 is 0 Å². The summed E-state index contributed by atoms with van der Waals surface area (Å²) in [6, 6.07) is 6.67. The summed E-state index contributed by atoms with van der Waals surface area (Å²) in [5, 5.41) is 10.5. The van der Waals surface area contributed by atoms with Crippen LogP contribution in [0.4, 0.5) is 0 Å². The standard InChI is InChI=1S/C25H31N3O4/c1-16-10-17(2)12-18(11-16)24(6-4-5-7-24)13-19-26-22(30)21(29)20-23(31)27(3)25(14-28(19)20)8-9-32-15-25/h10-12,29H,4-9,13-15H2,1-3H3. The zero-order chi connectivity index (χ0) is 22.7. The van der Waals surface area contributed by atoms with Crippen molar-refractivity contribution >= 4 is 5.91 Å². The van der Waals surface area contributed by atoms with Gasteiger partial charge in [-0.3, -0.25) is 9.59 Å². The molecule has 1 aliphatic carbocycles. The lowest BCUT2D eigenvalue weighted by molar-refractivity contribution is 0.0334. The topological polar surface area (TPSA) is 84.7 Å². The Kier molecular flexibility index (Phi) is 4.93. The lowest BCUT2D eigenvalue weighted by atomic mass is 9.74. The molecule has 0 bridgehead atoms. The maximum atomic E-state index is 13.3. The molecule has 1 saturated carbocycles. The van der Waals surface area contributed by atoms with Gasteiger partial charge in [0, 0.05) is 25.5 Å². The van der Waals surface area contributed by atoms with E-state index < -0.39 is 16.8 Å². The van der Waals surface area contributed by atoms with Crippen molar-refractivity contribution in [3.8, 4) is 5.75 Å². The van der Waals surface area contributed by atoms with Crippen molar-refractivity contribution in [2.75, 3.05) is 20.3 Å². The van der Waals surface area contributed by atoms with Gasteiger partial charge < -0.3 is 19.3 Å². The third kappa shape index (κ3) is 3.17. The van der Waals surface area contributed by atoms with E-state index in [9.17, 15) is 14.7 Å². The van der Waals surface area contributed by atoms with Crippen molar-refractivity contribution in [1.29, 1.82) is 0 Å². The van der Waals surface area contributed by atoms with Crippen LogP contribution in [0.25, 0.3) is 0 Å². The van der Waals surface area contributed by atoms with Crippen LogP contribution in [0.5, 0.6) is 5.75 Å². The number of aryl methyl sites for hydroxylation is 2. The first kappa shape index (κ1) is 21.2. The van der Waals surface area contributed by atoms with Gasteiger partial charge in [0.05, 0.1) is 18.7 Å². The molecule has 1 aromatic carbocycles. The molecule has 0 radical (unpaired) electrons. The van der Waals surface area contributed by atoms with Gasteiger partial charge in [0.2, 0.25) is 5.75 Å². The Morgan fingerprint density at radius 1 is 1.09 bits per heavy atom. The minimum absolute atomic E-state index is 0.0635. The van der Waals surface area contributed by atoms with E-state index in [1.165, 1.54) is 16.7 Å². The number of amides is 1. The van der Waals surface area contributed by atoms with Gasteiger partial charge in [-0.05, 0) is 38.7 Å². The van der Waals surface area contributed by atoms with E-state index in [1.54, 1.807) is 11.9 Å². The van der Waals surface area contributed by atoms with Crippen molar-refractivity contribution in [2.24, 2.45) is 0 Å². The number of aromatic hydroxyl groups is 1. The Morgan fingerprint density at radius 3 is 2.41 bits per heavy atom. The molecule has 2 fully saturated rings. The van der Waals surface area contributed by atoms with Gasteiger partial charge in [0.25, 0.3) is 5.91 Å². The molecule has 1 N–H and O–H groups in total. The third-order valence-electron chi connectivity index (χ3n) is 7.88. The minimum Gasteiger partial charge on any atom is -0.501 e. The van der Waals surface area contributed by atoms with Gasteiger partial charge in [0.15, 0.2) is 5.69 Å². The Balaban J connectivity index is 1.65. The first-order chi connectivity index (χ1) is 15.2. The Labute approximate surface area is 188 Å². The number of aromatic nitrogens is 2. The number of nitrogens with zero attached hydrogens (tertiary/aromatic N) is 3. The second-order valence-electron chi connectivity index (χ2n) is 10.0. The second-order valence-corrected chi connectivity index (χ2v) is 10.0. The number of carbonyl (C=O) groups is 1. The molecular formula is C25H31N3O4. The molecule has 32 heavy (non-hydrogen) atoms. The summed E-state index contributed by atoms with van der Waals surface area (Å²) in [4.78, 5) is 31.9. The van der Waals surface area contributed by atoms with Crippen LogP contribution in [0.1, 0.15) is 65.1 Å². The number of fused-ring (bicyclic) bond motifs is 1. The smallest absolute Gasteiger partial charge is 0.315 e. The van der Waals surface area contributed by atoms with Crippen LogP contribution < -0.4 is 5.56 Å². The Hall–Kier alpha value is -2.67. The highest BCUT2D eigenvalue weighted by Crippen LogP contribution is 2.45. The summed E-state index contributed by atoms with van der Waals surface area (Å²) >= 11 is 0. The lowest BCUT2D eigenvalue weighted by Crippen LogP contribution is -2.58. The van der Waals surface area contributed by atoms with E-state index in [1.807, 2.05) is 4.57 Å². The molecule has 2 aliphatic heterocycles. The van der Waals surface area contributed by atoms with Gasteiger partial charge in [-0.1, -0.05) is 42.2 Å². The van der Waals surface area contributed by atoms with Gasteiger partial charge in [0.1, 0.15) is 5.82 Å². The average molecular weight is 438 g/mol.